The van der Waals surface area contributed by atoms with Crippen molar-refractivity contribution in [2.45, 2.75) is 60.3 Å². The number of rotatable bonds is 8. The molecule has 0 aliphatic rings. The Morgan fingerprint density at radius 3 is 2.27 bits per heavy atom. The van der Waals surface area contributed by atoms with E-state index in [0.29, 0.717) is 12.5 Å². The minimum atomic E-state index is 0.251. The first-order valence-electron chi connectivity index (χ1n) is 6.23. The molecule has 1 unspecified atom stereocenters. The van der Waals surface area contributed by atoms with Crippen LogP contribution in [0.1, 0.15) is 60.3 Å². The zero-order chi connectivity index (χ0) is 11.9. The topological polar surface area (TPSA) is 29.4 Å². The predicted octanol–water partition coefficient (Wildman–Crippen LogP) is 4.63. The van der Waals surface area contributed by atoms with Crippen LogP contribution in [0.3, 0.4) is 0 Å². The molecule has 0 aliphatic carbocycles. The lowest BCUT2D eigenvalue weighted by molar-refractivity contribution is 0.193. The normalized spacial score (nSPS) is 16.1. The molecule has 15 heavy (non-hydrogen) atoms. The monoisotopic (exact) mass is 213 g/mol. The van der Waals surface area contributed by atoms with Gasteiger partial charge in [-0.2, -0.15) is 4.91 Å². The van der Waals surface area contributed by atoms with E-state index < -0.39 is 0 Å². The summed E-state index contributed by atoms with van der Waals surface area (Å²) in [6.45, 7) is 11.8. The summed E-state index contributed by atoms with van der Waals surface area (Å²) in [4.78, 5) is 10.1. The summed E-state index contributed by atoms with van der Waals surface area (Å²) < 4.78 is 0. The van der Waals surface area contributed by atoms with Crippen LogP contribution in [-0.4, -0.2) is 6.54 Å². The van der Waals surface area contributed by atoms with Gasteiger partial charge in [-0.05, 0) is 30.1 Å². The van der Waals surface area contributed by atoms with Crippen LogP contribution in [0, 0.1) is 22.2 Å². The van der Waals surface area contributed by atoms with Crippen molar-refractivity contribution in [1.29, 1.82) is 0 Å². The van der Waals surface area contributed by atoms with Crippen LogP contribution < -0.4 is 0 Å². The van der Waals surface area contributed by atoms with E-state index in [4.69, 9.17) is 0 Å². The lowest BCUT2D eigenvalue weighted by Crippen LogP contribution is -2.23. The van der Waals surface area contributed by atoms with Gasteiger partial charge in [-0.1, -0.05) is 52.6 Å². The highest BCUT2D eigenvalue weighted by molar-refractivity contribution is 4.76. The molecule has 0 fully saturated rings. The maximum absolute atomic E-state index is 10.1. The molecule has 0 rings (SSSR count). The van der Waals surface area contributed by atoms with E-state index in [1.807, 2.05) is 0 Å². The fourth-order valence-corrected chi connectivity index (χ4v) is 1.71. The molecule has 0 saturated carbocycles. The maximum Gasteiger partial charge on any atom is 0.0816 e. The van der Waals surface area contributed by atoms with Gasteiger partial charge in [-0.25, -0.2) is 0 Å². The third-order valence-corrected chi connectivity index (χ3v) is 3.97. The Balaban J connectivity index is 3.94. The average Bonchev–Trinajstić information content (AvgIpc) is 2.22. The van der Waals surface area contributed by atoms with Gasteiger partial charge in [-0.3, -0.25) is 0 Å². The first-order chi connectivity index (χ1) is 6.94. The predicted molar refractivity (Wildman–Crippen MR) is 66.9 cm³/mol. The van der Waals surface area contributed by atoms with Gasteiger partial charge in [0.1, 0.15) is 0 Å². The molecule has 90 valence electrons. The molecule has 0 bridgehead atoms. The lowest BCUT2D eigenvalue weighted by Gasteiger charge is -2.31. The summed E-state index contributed by atoms with van der Waals surface area (Å²) in [7, 11) is 0. The Morgan fingerprint density at radius 1 is 1.20 bits per heavy atom. The van der Waals surface area contributed by atoms with Crippen LogP contribution in [0.4, 0.5) is 0 Å². The van der Waals surface area contributed by atoms with Crippen LogP contribution in [-0.2, 0) is 0 Å². The summed E-state index contributed by atoms with van der Waals surface area (Å²) in [5.74, 6) is 1.50. The van der Waals surface area contributed by atoms with Gasteiger partial charge in [0.2, 0.25) is 0 Å². The number of hydrogen-bond donors (Lipinski definition) is 0. The van der Waals surface area contributed by atoms with Crippen LogP contribution >= 0.6 is 0 Å². The van der Waals surface area contributed by atoms with E-state index in [0.717, 1.165) is 12.3 Å². The molecule has 0 heterocycles. The van der Waals surface area contributed by atoms with Crippen LogP contribution in [0.2, 0.25) is 0 Å². The zero-order valence-electron chi connectivity index (χ0n) is 11.0. The molecule has 0 radical (unpaired) electrons. The molecule has 0 N–H and O–H groups in total. The van der Waals surface area contributed by atoms with Crippen LogP contribution in [0.15, 0.2) is 5.18 Å². The minimum absolute atomic E-state index is 0.251. The Labute approximate surface area is 94.8 Å². The molecule has 0 aromatic heterocycles. The SMILES string of the molecule is CCC(C)CC[C@@H](C)C(C)(C)CCN=O. The molecule has 0 aromatic rings. The van der Waals surface area contributed by atoms with E-state index >= 15 is 0 Å². The van der Waals surface area contributed by atoms with Gasteiger partial charge in [0.15, 0.2) is 0 Å². The summed E-state index contributed by atoms with van der Waals surface area (Å²) >= 11 is 0. The largest absolute Gasteiger partial charge is 0.151 e. The van der Waals surface area contributed by atoms with Crippen molar-refractivity contribution in [2.24, 2.45) is 22.4 Å². The van der Waals surface area contributed by atoms with Gasteiger partial charge < -0.3 is 0 Å². The highest BCUT2D eigenvalue weighted by Crippen LogP contribution is 2.34. The summed E-state index contributed by atoms with van der Waals surface area (Å²) in [6, 6.07) is 0. The molecule has 0 amide bonds. The standard InChI is InChI=1S/C13H27NO/c1-6-11(2)7-8-12(3)13(4,5)9-10-14-15/h11-12H,6-10H2,1-5H3/t11?,12-/m1/s1. The van der Waals surface area contributed by atoms with Crippen LogP contribution in [0.25, 0.3) is 0 Å². The molecule has 2 nitrogen and oxygen atoms in total. The first kappa shape index (κ1) is 14.6. The molecule has 0 aromatic carbocycles. The van der Waals surface area contributed by atoms with Crippen molar-refractivity contribution in [3.05, 3.63) is 4.91 Å². The molecular weight excluding hydrogens is 186 g/mol. The molecular formula is C13H27NO. The lowest BCUT2D eigenvalue weighted by atomic mass is 9.74. The van der Waals surface area contributed by atoms with E-state index in [9.17, 15) is 4.91 Å². The van der Waals surface area contributed by atoms with Gasteiger partial charge in [-0.15, -0.1) is 0 Å². The molecule has 0 aliphatic heterocycles. The fraction of sp³-hybridized carbons (Fsp3) is 1.00. The highest BCUT2D eigenvalue weighted by Gasteiger charge is 2.25. The molecule has 2 atom stereocenters. The van der Waals surface area contributed by atoms with Gasteiger partial charge in [0.05, 0.1) is 6.54 Å². The van der Waals surface area contributed by atoms with E-state index in [1.54, 1.807) is 0 Å². The first-order valence-corrected chi connectivity index (χ1v) is 6.23. The van der Waals surface area contributed by atoms with Crippen molar-refractivity contribution < 1.29 is 0 Å². The van der Waals surface area contributed by atoms with E-state index in [-0.39, 0.29) is 5.41 Å². The smallest absolute Gasteiger partial charge is 0.0816 e. The quantitative estimate of drug-likeness (QED) is 0.540. The number of hydrogen-bond acceptors (Lipinski definition) is 2. The van der Waals surface area contributed by atoms with Crippen molar-refractivity contribution in [2.75, 3.05) is 6.54 Å². The molecule has 0 saturated heterocycles. The molecule has 0 spiro atoms. The maximum atomic E-state index is 10.1. The Morgan fingerprint density at radius 2 is 1.80 bits per heavy atom. The van der Waals surface area contributed by atoms with Gasteiger partial charge in [0, 0.05) is 0 Å². The third kappa shape index (κ3) is 5.91. The van der Waals surface area contributed by atoms with Gasteiger partial charge >= 0.3 is 0 Å². The van der Waals surface area contributed by atoms with Crippen molar-refractivity contribution >= 4 is 0 Å². The van der Waals surface area contributed by atoms with E-state index in [1.165, 1.54) is 19.3 Å². The van der Waals surface area contributed by atoms with E-state index in [2.05, 4.69) is 39.8 Å². The average molecular weight is 213 g/mol. The second-order valence-corrected chi connectivity index (χ2v) is 5.58. The second-order valence-electron chi connectivity index (χ2n) is 5.58. The second kappa shape index (κ2) is 6.97. The summed E-state index contributed by atoms with van der Waals surface area (Å²) in [5.41, 5.74) is 0.251. The summed E-state index contributed by atoms with van der Waals surface area (Å²) in [5, 5.41) is 2.96. The van der Waals surface area contributed by atoms with Crippen molar-refractivity contribution in [3.63, 3.8) is 0 Å². The molecule has 2 heteroatoms. The van der Waals surface area contributed by atoms with Gasteiger partial charge in [0.25, 0.3) is 0 Å². The van der Waals surface area contributed by atoms with Crippen LogP contribution in [0.5, 0.6) is 0 Å². The fourth-order valence-electron chi connectivity index (χ4n) is 1.71. The third-order valence-electron chi connectivity index (χ3n) is 3.97. The Hall–Kier alpha value is -0.400. The Kier molecular flexibility index (Phi) is 6.78. The van der Waals surface area contributed by atoms with Crippen molar-refractivity contribution in [3.8, 4) is 0 Å². The number of nitroso groups, excluding NO2 is 1. The summed E-state index contributed by atoms with van der Waals surface area (Å²) in [6.07, 6.45) is 4.75. The van der Waals surface area contributed by atoms with Crippen molar-refractivity contribution in [1.82, 2.24) is 0 Å². The highest BCUT2D eigenvalue weighted by atomic mass is 16.3. The number of nitrogens with zero attached hydrogens (tertiary/aromatic N) is 1. The minimum Gasteiger partial charge on any atom is -0.151 e. The zero-order valence-corrected chi connectivity index (χ0v) is 11.0. The Bertz CT molecular complexity index is 177.